The predicted octanol–water partition coefficient (Wildman–Crippen LogP) is 2.10. The molecule has 5 nitrogen and oxygen atoms in total. The molecule has 1 aromatic heterocycles. The van der Waals surface area contributed by atoms with E-state index in [4.69, 9.17) is 10.2 Å². The van der Waals surface area contributed by atoms with Gasteiger partial charge in [-0.25, -0.2) is 10.2 Å². The number of nitrogens with one attached hydrogen (secondary N) is 1. The molecule has 2 amide bonds. The third-order valence-corrected chi connectivity index (χ3v) is 2.17. The lowest BCUT2D eigenvalue weighted by Crippen LogP contribution is -2.25. The third kappa shape index (κ3) is 2.85. The Kier molecular flexibility index (Phi) is 3.71. The zero-order valence-electron chi connectivity index (χ0n) is 10.00. The van der Waals surface area contributed by atoms with Crippen LogP contribution in [-0.4, -0.2) is 11.7 Å². The quantitative estimate of drug-likeness (QED) is 0.607. The molecule has 0 saturated carbocycles. The van der Waals surface area contributed by atoms with E-state index in [9.17, 15) is 4.79 Å². The first-order chi connectivity index (χ1) is 7.41. The van der Waals surface area contributed by atoms with Crippen molar-refractivity contribution < 1.29 is 9.21 Å². The Morgan fingerprint density at radius 1 is 1.56 bits per heavy atom. The Labute approximate surface area is 94.7 Å². The van der Waals surface area contributed by atoms with Gasteiger partial charge >= 0.3 is 6.03 Å². The summed E-state index contributed by atoms with van der Waals surface area (Å²) in [5.74, 6) is 1.86. The van der Waals surface area contributed by atoms with Crippen LogP contribution in [0, 0.1) is 6.92 Å². The Morgan fingerprint density at radius 2 is 2.19 bits per heavy atom. The largest absolute Gasteiger partial charge is 0.460 e. The minimum absolute atomic E-state index is 0.339. The standard InChI is InChI=1S/C11H17N3O2/c1-6(2)9-5-7(3)16-10(9)8(4)13-14-11(12)15/h5-6H,1-4H3,(H3,12,14,15)/b13-8+. The summed E-state index contributed by atoms with van der Waals surface area (Å²) < 4.78 is 5.55. The van der Waals surface area contributed by atoms with Crippen molar-refractivity contribution in [2.24, 2.45) is 10.8 Å². The molecular formula is C11H17N3O2. The van der Waals surface area contributed by atoms with E-state index in [1.165, 1.54) is 0 Å². The molecule has 0 radical (unpaired) electrons. The van der Waals surface area contributed by atoms with Gasteiger partial charge in [0.25, 0.3) is 0 Å². The first-order valence-electron chi connectivity index (χ1n) is 5.12. The molecule has 1 rings (SSSR count). The Balaban J connectivity index is 3.02. The van der Waals surface area contributed by atoms with Crippen molar-refractivity contribution in [3.05, 3.63) is 23.2 Å². The van der Waals surface area contributed by atoms with E-state index >= 15 is 0 Å². The number of hydrogen-bond acceptors (Lipinski definition) is 3. The first-order valence-corrected chi connectivity index (χ1v) is 5.12. The van der Waals surface area contributed by atoms with E-state index < -0.39 is 6.03 Å². The van der Waals surface area contributed by atoms with Crippen molar-refractivity contribution in [2.45, 2.75) is 33.6 Å². The van der Waals surface area contributed by atoms with Crippen LogP contribution in [0.5, 0.6) is 0 Å². The summed E-state index contributed by atoms with van der Waals surface area (Å²) in [6, 6.07) is 1.29. The van der Waals surface area contributed by atoms with E-state index in [0.717, 1.165) is 11.3 Å². The lowest BCUT2D eigenvalue weighted by molar-refractivity contribution is 0.249. The smallest absolute Gasteiger partial charge is 0.332 e. The maximum Gasteiger partial charge on any atom is 0.332 e. The lowest BCUT2D eigenvalue weighted by atomic mass is 10.0. The monoisotopic (exact) mass is 223 g/mol. The van der Waals surface area contributed by atoms with E-state index in [1.54, 1.807) is 6.92 Å². The van der Waals surface area contributed by atoms with Gasteiger partial charge < -0.3 is 10.2 Å². The van der Waals surface area contributed by atoms with Crippen LogP contribution >= 0.6 is 0 Å². The predicted molar refractivity (Wildman–Crippen MR) is 62.5 cm³/mol. The molecule has 16 heavy (non-hydrogen) atoms. The molecule has 0 aliphatic rings. The fraction of sp³-hybridized carbons (Fsp3) is 0.455. The molecule has 0 aromatic carbocycles. The number of rotatable bonds is 3. The highest BCUT2D eigenvalue weighted by molar-refractivity contribution is 5.98. The molecule has 5 heteroatoms. The average molecular weight is 223 g/mol. The van der Waals surface area contributed by atoms with Crippen LogP contribution in [0.2, 0.25) is 0 Å². The second-order valence-corrected chi connectivity index (χ2v) is 3.97. The van der Waals surface area contributed by atoms with E-state index in [1.807, 2.05) is 13.0 Å². The molecule has 88 valence electrons. The molecule has 0 atom stereocenters. The van der Waals surface area contributed by atoms with Crippen LogP contribution in [0.3, 0.4) is 0 Å². The first kappa shape index (κ1) is 12.3. The van der Waals surface area contributed by atoms with Crippen LogP contribution in [0.4, 0.5) is 4.79 Å². The number of furan rings is 1. The van der Waals surface area contributed by atoms with Gasteiger partial charge in [-0.1, -0.05) is 13.8 Å². The Morgan fingerprint density at radius 3 is 2.69 bits per heavy atom. The van der Waals surface area contributed by atoms with Crippen LogP contribution < -0.4 is 11.2 Å². The molecular weight excluding hydrogens is 206 g/mol. The van der Waals surface area contributed by atoms with Gasteiger partial charge in [0.15, 0.2) is 5.76 Å². The topological polar surface area (TPSA) is 80.6 Å². The van der Waals surface area contributed by atoms with E-state index in [-0.39, 0.29) is 0 Å². The van der Waals surface area contributed by atoms with Gasteiger partial charge in [0.1, 0.15) is 11.5 Å². The normalized spacial score (nSPS) is 11.9. The number of nitrogens with two attached hydrogens (primary N) is 1. The van der Waals surface area contributed by atoms with Gasteiger partial charge in [-0.3, -0.25) is 0 Å². The minimum atomic E-state index is -0.686. The van der Waals surface area contributed by atoms with Crippen molar-refractivity contribution in [2.75, 3.05) is 0 Å². The van der Waals surface area contributed by atoms with E-state index in [0.29, 0.717) is 17.4 Å². The molecule has 0 aliphatic carbocycles. The van der Waals surface area contributed by atoms with Crippen molar-refractivity contribution in [3.8, 4) is 0 Å². The molecule has 1 heterocycles. The molecule has 0 bridgehead atoms. The summed E-state index contributed by atoms with van der Waals surface area (Å²) in [4.78, 5) is 10.5. The Hall–Kier alpha value is -1.78. The van der Waals surface area contributed by atoms with Gasteiger partial charge in [0.05, 0.1) is 0 Å². The minimum Gasteiger partial charge on any atom is -0.460 e. The number of urea groups is 1. The van der Waals surface area contributed by atoms with Gasteiger partial charge in [0, 0.05) is 5.56 Å². The number of carbonyl (C=O) groups excluding carboxylic acids is 1. The Bertz CT molecular complexity index is 419. The maximum atomic E-state index is 10.5. The van der Waals surface area contributed by atoms with Crippen molar-refractivity contribution in [3.63, 3.8) is 0 Å². The zero-order valence-corrected chi connectivity index (χ0v) is 10.00. The third-order valence-electron chi connectivity index (χ3n) is 2.17. The van der Waals surface area contributed by atoms with Gasteiger partial charge in [-0.15, -0.1) is 0 Å². The van der Waals surface area contributed by atoms with Crippen molar-refractivity contribution >= 4 is 11.7 Å². The molecule has 3 N–H and O–H groups in total. The number of amides is 2. The summed E-state index contributed by atoms with van der Waals surface area (Å²) in [5, 5.41) is 3.85. The van der Waals surface area contributed by atoms with Gasteiger partial charge in [0.2, 0.25) is 0 Å². The number of nitrogens with zero attached hydrogens (tertiary/aromatic N) is 1. The van der Waals surface area contributed by atoms with Crippen LogP contribution in [0.15, 0.2) is 15.6 Å². The molecule has 0 unspecified atom stereocenters. The van der Waals surface area contributed by atoms with Crippen LogP contribution in [-0.2, 0) is 0 Å². The summed E-state index contributed by atoms with van der Waals surface area (Å²) >= 11 is 0. The van der Waals surface area contributed by atoms with Crippen LogP contribution in [0.25, 0.3) is 0 Å². The number of hydrazone groups is 1. The highest BCUT2D eigenvalue weighted by Crippen LogP contribution is 2.23. The van der Waals surface area contributed by atoms with E-state index in [2.05, 4.69) is 24.4 Å². The fourth-order valence-electron chi connectivity index (χ4n) is 1.44. The average Bonchev–Trinajstić information content (AvgIpc) is 2.56. The lowest BCUT2D eigenvalue weighted by Gasteiger charge is -2.04. The summed E-state index contributed by atoms with van der Waals surface area (Å²) in [6.45, 7) is 7.79. The fourth-order valence-corrected chi connectivity index (χ4v) is 1.44. The molecule has 0 aliphatic heterocycles. The number of primary amides is 1. The van der Waals surface area contributed by atoms with Crippen molar-refractivity contribution in [1.29, 1.82) is 0 Å². The molecule has 1 aromatic rings. The highest BCUT2D eigenvalue weighted by atomic mass is 16.3. The maximum absolute atomic E-state index is 10.5. The second kappa shape index (κ2) is 4.83. The van der Waals surface area contributed by atoms with Gasteiger partial charge in [-0.2, -0.15) is 5.10 Å². The van der Waals surface area contributed by atoms with Crippen LogP contribution in [0.1, 0.15) is 43.8 Å². The number of hydrogen-bond donors (Lipinski definition) is 2. The molecule has 0 spiro atoms. The van der Waals surface area contributed by atoms with Crippen molar-refractivity contribution in [1.82, 2.24) is 5.43 Å². The van der Waals surface area contributed by atoms with Gasteiger partial charge in [-0.05, 0) is 25.8 Å². The molecule has 0 saturated heterocycles. The second-order valence-electron chi connectivity index (χ2n) is 3.97. The summed E-state index contributed by atoms with van der Waals surface area (Å²) in [6.07, 6.45) is 0. The number of carbonyl (C=O) groups is 1. The summed E-state index contributed by atoms with van der Waals surface area (Å²) in [7, 11) is 0. The summed E-state index contributed by atoms with van der Waals surface area (Å²) in [5.41, 5.74) is 8.80. The number of aryl methyl sites for hydroxylation is 1. The zero-order chi connectivity index (χ0) is 12.3. The molecule has 0 fully saturated rings. The highest BCUT2D eigenvalue weighted by Gasteiger charge is 2.14. The SMILES string of the molecule is C/C(=N\NC(N)=O)c1oc(C)cc1C(C)C.